The molecule has 1 aromatic carbocycles. The molecule has 6 heteroatoms. The Labute approximate surface area is 82.5 Å². The highest BCUT2D eigenvalue weighted by Crippen LogP contribution is 2.10. The van der Waals surface area contributed by atoms with Crippen LogP contribution in [-0.2, 0) is 16.5 Å². The van der Waals surface area contributed by atoms with Gasteiger partial charge in [-0.25, -0.2) is 0 Å². The molecule has 0 bridgehead atoms. The fourth-order valence-corrected chi connectivity index (χ4v) is 1.36. The van der Waals surface area contributed by atoms with Crippen molar-refractivity contribution < 1.29 is 13.0 Å². The van der Waals surface area contributed by atoms with Gasteiger partial charge in [0, 0.05) is 6.42 Å². The molecular formula is C8H12N2O3S. The van der Waals surface area contributed by atoms with Crippen LogP contribution in [0.3, 0.4) is 0 Å². The van der Waals surface area contributed by atoms with Gasteiger partial charge in [-0.15, -0.1) is 0 Å². The second-order valence-electron chi connectivity index (χ2n) is 3.09. The number of rotatable bonds is 3. The van der Waals surface area contributed by atoms with Crippen molar-refractivity contribution in [2.75, 3.05) is 0 Å². The molecule has 0 aliphatic heterocycles. The van der Waals surface area contributed by atoms with Crippen molar-refractivity contribution in [3.63, 3.8) is 0 Å². The average Bonchev–Trinajstić information content (AvgIpc) is 2.03. The van der Waals surface area contributed by atoms with Crippen LogP contribution in [0.5, 0.6) is 0 Å². The summed E-state index contributed by atoms with van der Waals surface area (Å²) in [5.74, 6) is 0. The van der Waals surface area contributed by atoms with E-state index in [9.17, 15) is 8.42 Å². The molecule has 0 aliphatic rings. The lowest BCUT2D eigenvalue weighted by Crippen LogP contribution is -2.57. The minimum absolute atomic E-state index is 0.132. The van der Waals surface area contributed by atoms with E-state index in [4.69, 9.17) is 16.0 Å². The van der Waals surface area contributed by atoms with Crippen molar-refractivity contribution in [3.8, 4) is 0 Å². The summed E-state index contributed by atoms with van der Waals surface area (Å²) >= 11 is 0. The Morgan fingerprint density at radius 3 is 2.14 bits per heavy atom. The highest BCUT2D eigenvalue weighted by atomic mass is 32.2. The first-order valence-corrected chi connectivity index (χ1v) is 5.36. The van der Waals surface area contributed by atoms with Crippen LogP contribution in [-0.4, -0.2) is 18.0 Å². The van der Waals surface area contributed by atoms with Crippen LogP contribution >= 0.6 is 0 Å². The third kappa shape index (κ3) is 2.52. The molecule has 0 unspecified atom stereocenters. The molecule has 0 amide bonds. The van der Waals surface area contributed by atoms with Gasteiger partial charge in [0.15, 0.2) is 4.99 Å². The van der Waals surface area contributed by atoms with Crippen molar-refractivity contribution in [2.45, 2.75) is 11.4 Å². The van der Waals surface area contributed by atoms with Crippen LogP contribution in [0.4, 0.5) is 0 Å². The maximum absolute atomic E-state index is 10.8. The second-order valence-corrected chi connectivity index (χ2v) is 4.80. The second kappa shape index (κ2) is 3.66. The number of benzene rings is 1. The Bertz CT molecular complexity index is 400. The van der Waals surface area contributed by atoms with Gasteiger partial charge in [-0.2, -0.15) is 8.42 Å². The van der Waals surface area contributed by atoms with Crippen molar-refractivity contribution in [3.05, 3.63) is 35.9 Å². The normalized spacial score (nSPS) is 12.8. The van der Waals surface area contributed by atoms with Gasteiger partial charge >= 0.3 is 0 Å². The lowest BCUT2D eigenvalue weighted by molar-refractivity contribution is 0.425. The lowest BCUT2D eigenvalue weighted by Gasteiger charge is -2.20. The van der Waals surface area contributed by atoms with Crippen molar-refractivity contribution >= 4 is 10.1 Å². The molecule has 1 rings (SSSR count). The van der Waals surface area contributed by atoms with Gasteiger partial charge < -0.3 is 0 Å². The standard InChI is InChI=1S/C8H12N2O3S/c9-8(10,14(11,12)13)6-7-4-2-1-3-5-7/h1-5H,6,9-10H2,(H,11,12,13). The zero-order valence-electron chi connectivity index (χ0n) is 7.42. The molecule has 0 radical (unpaired) electrons. The zero-order chi connectivity index (χ0) is 10.8. The third-order valence-corrected chi connectivity index (χ3v) is 2.91. The summed E-state index contributed by atoms with van der Waals surface area (Å²) in [4.78, 5) is -2.13. The Morgan fingerprint density at radius 2 is 1.71 bits per heavy atom. The Balaban J connectivity index is 2.90. The van der Waals surface area contributed by atoms with Gasteiger partial charge in [-0.1, -0.05) is 30.3 Å². The Morgan fingerprint density at radius 1 is 1.21 bits per heavy atom. The minimum atomic E-state index is -4.45. The van der Waals surface area contributed by atoms with E-state index in [1.807, 2.05) is 0 Å². The maximum Gasteiger partial charge on any atom is 0.297 e. The molecule has 0 fully saturated rings. The highest BCUT2D eigenvalue weighted by molar-refractivity contribution is 7.87. The summed E-state index contributed by atoms with van der Waals surface area (Å²) in [7, 11) is -4.45. The van der Waals surface area contributed by atoms with Gasteiger partial charge in [-0.3, -0.25) is 16.0 Å². The molecule has 0 heterocycles. The van der Waals surface area contributed by atoms with Crippen LogP contribution in [0.1, 0.15) is 5.56 Å². The summed E-state index contributed by atoms with van der Waals surface area (Å²) in [6, 6.07) is 8.61. The number of hydrogen-bond acceptors (Lipinski definition) is 4. The van der Waals surface area contributed by atoms with E-state index in [-0.39, 0.29) is 6.42 Å². The first-order valence-electron chi connectivity index (χ1n) is 3.92. The van der Waals surface area contributed by atoms with Crippen LogP contribution in [0, 0.1) is 0 Å². The SMILES string of the molecule is NC(N)(Cc1ccccc1)S(=O)(=O)O. The Kier molecular flexibility index (Phi) is 2.91. The van der Waals surface area contributed by atoms with E-state index in [1.54, 1.807) is 30.3 Å². The molecule has 5 nitrogen and oxygen atoms in total. The van der Waals surface area contributed by atoms with E-state index in [2.05, 4.69) is 0 Å². The largest absolute Gasteiger partial charge is 0.298 e. The van der Waals surface area contributed by atoms with Crippen LogP contribution < -0.4 is 11.5 Å². The molecular weight excluding hydrogens is 204 g/mol. The van der Waals surface area contributed by atoms with E-state index in [0.717, 1.165) is 0 Å². The third-order valence-electron chi connectivity index (χ3n) is 1.80. The fourth-order valence-electron chi connectivity index (χ4n) is 1.01. The highest BCUT2D eigenvalue weighted by Gasteiger charge is 2.34. The lowest BCUT2D eigenvalue weighted by atomic mass is 10.1. The van der Waals surface area contributed by atoms with Crippen molar-refractivity contribution in [1.29, 1.82) is 0 Å². The zero-order valence-corrected chi connectivity index (χ0v) is 8.24. The molecule has 1 aromatic rings. The topological polar surface area (TPSA) is 106 Å². The molecule has 0 saturated carbocycles. The van der Waals surface area contributed by atoms with Gasteiger partial charge in [-0.05, 0) is 5.56 Å². The van der Waals surface area contributed by atoms with E-state index >= 15 is 0 Å². The summed E-state index contributed by atoms with van der Waals surface area (Å²) in [5.41, 5.74) is 11.2. The quantitative estimate of drug-likeness (QED) is 0.474. The molecule has 14 heavy (non-hydrogen) atoms. The van der Waals surface area contributed by atoms with E-state index < -0.39 is 15.1 Å². The summed E-state index contributed by atoms with van der Waals surface area (Å²) in [5, 5.41) is 0. The predicted octanol–water partition coefficient (Wildman–Crippen LogP) is -0.312. The summed E-state index contributed by atoms with van der Waals surface area (Å²) in [6.45, 7) is 0. The molecule has 0 aliphatic carbocycles. The summed E-state index contributed by atoms with van der Waals surface area (Å²) in [6.07, 6.45) is -0.132. The smallest absolute Gasteiger partial charge is 0.297 e. The van der Waals surface area contributed by atoms with Crippen LogP contribution in [0.2, 0.25) is 0 Å². The molecule has 0 atom stereocenters. The minimum Gasteiger partial charge on any atom is -0.298 e. The fraction of sp³-hybridized carbons (Fsp3) is 0.250. The first-order chi connectivity index (χ1) is 6.33. The Hall–Kier alpha value is -0.950. The van der Waals surface area contributed by atoms with Gasteiger partial charge in [0.05, 0.1) is 0 Å². The van der Waals surface area contributed by atoms with Crippen molar-refractivity contribution in [2.24, 2.45) is 11.5 Å². The van der Waals surface area contributed by atoms with Crippen molar-refractivity contribution in [1.82, 2.24) is 0 Å². The molecule has 5 N–H and O–H groups in total. The molecule has 0 spiro atoms. The number of nitrogens with two attached hydrogens (primary N) is 2. The summed E-state index contributed by atoms with van der Waals surface area (Å²) < 4.78 is 30.3. The number of hydrogen-bond donors (Lipinski definition) is 3. The first kappa shape index (κ1) is 11.1. The molecule has 0 saturated heterocycles. The van der Waals surface area contributed by atoms with Crippen LogP contribution in [0.15, 0.2) is 30.3 Å². The van der Waals surface area contributed by atoms with Gasteiger partial charge in [0.2, 0.25) is 0 Å². The van der Waals surface area contributed by atoms with Crippen LogP contribution in [0.25, 0.3) is 0 Å². The van der Waals surface area contributed by atoms with E-state index in [0.29, 0.717) is 5.56 Å². The van der Waals surface area contributed by atoms with Gasteiger partial charge in [0.1, 0.15) is 0 Å². The molecule has 0 aromatic heterocycles. The van der Waals surface area contributed by atoms with E-state index in [1.165, 1.54) is 0 Å². The van der Waals surface area contributed by atoms with Gasteiger partial charge in [0.25, 0.3) is 10.1 Å². The monoisotopic (exact) mass is 216 g/mol. The molecule has 78 valence electrons. The maximum atomic E-state index is 10.8. The average molecular weight is 216 g/mol. The predicted molar refractivity (Wildman–Crippen MR) is 52.8 cm³/mol.